The van der Waals surface area contributed by atoms with Crippen molar-refractivity contribution in [2.45, 2.75) is 6.54 Å². The molecule has 0 spiro atoms. The zero-order chi connectivity index (χ0) is 13.2. The van der Waals surface area contributed by atoms with Crippen LogP contribution in [0.5, 0.6) is 0 Å². The molecule has 0 radical (unpaired) electrons. The summed E-state index contributed by atoms with van der Waals surface area (Å²) in [5, 5.41) is 13.3. The van der Waals surface area contributed by atoms with E-state index in [-0.39, 0.29) is 5.91 Å². The lowest BCUT2D eigenvalue weighted by Crippen LogP contribution is -2.22. The Morgan fingerprint density at radius 1 is 1.42 bits per heavy atom. The van der Waals surface area contributed by atoms with Crippen molar-refractivity contribution >= 4 is 17.2 Å². The zero-order valence-electron chi connectivity index (χ0n) is 10.00. The summed E-state index contributed by atoms with van der Waals surface area (Å²) >= 11 is 0. The van der Waals surface area contributed by atoms with Gasteiger partial charge in [-0.3, -0.25) is 9.89 Å². The molecule has 0 aliphatic rings. The van der Waals surface area contributed by atoms with E-state index in [1.54, 1.807) is 23.1 Å². The van der Waals surface area contributed by atoms with Gasteiger partial charge in [0.2, 0.25) is 0 Å². The molecule has 0 unspecified atom stereocenters. The maximum atomic E-state index is 12.1. The first-order valence-electron chi connectivity index (χ1n) is 5.74. The summed E-state index contributed by atoms with van der Waals surface area (Å²) in [5.41, 5.74) is 7.70. The van der Waals surface area contributed by atoms with Crippen LogP contribution in [0.25, 0.3) is 5.52 Å². The van der Waals surface area contributed by atoms with Crippen molar-refractivity contribution in [2.24, 2.45) is 0 Å². The van der Waals surface area contributed by atoms with Gasteiger partial charge in [-0.15, -0.1) is 0 Å². The normalized spacial score (nSPS) is 10.7. The number of H-pyrrole nitrogens is 1. The monoisotopic (exact) mass is 256 g/mol. The van der Waals surface area contributed by atoms with Crippen molar-refractivity contribution in [1.82, 2.24) is 25.1 Å². The molecule has 1 amide bonds. The van der Waals surface area contributed by atoms with Gasteiger partial charge in [-0.05, 0) is 12.1 Å². The van der Waals surface area contributed by atoms with E-state index in [1.807, 2.05) is 18.2 Å². The van der Waals surface area contributed by atoms with E-state index in [0.29, 0.717) is 17.9 Å². The van der Waals surface area contributed by atoms with Gasteiger partial charge >= 0.3 is 0 Å². The van der Waals surface area contributed by atoms with Gasteiger partial charge < -0.3 is 11.1 Å². The van der Waals surface area contributed by atoms with Crippen LogP contribution in [-0.2, 0) is 6.54 Å². The van der Waals surface area contributed by atoms with E-state index >= 15 is 0 Å². The molecule has 7 heteroatoms. The third kappa shape index (κ3) is 2.01. The number of hydrogen-bond donors (Lipinski definition) is 3. The molecule has 0 saturated carbocycles. The summed E-state index contributed by atoms with van der Waals surface area (Å²) < 4.78 is 1.65. The highest BCUT2D eigenvalue weighted by Crippen LogP contribution is 2.10. The molecule has 3 aromatic heterocycles. The van der Waals surface area contributed by atoms with E-state index in [4.69, 9.17) is 5.73 Å². The van der Waals surface area contributed by atoms with E-state index in [1.165, 1.54) is 0 Å². The average molecular weight is 256 g/mol. The van der Waals surface area contributed by atoms with Crippen molar-refractivity contribution in [2.75, 3.05) is 5.73 Å². The number of amides is 1. The number of nitrogens with one attached hydrogen (secondary N) is 2. The van der Waals surface area contributed by atoms with Crippen LogP contribution < -0.4 is 11.1 Å². The van der Waals surface area contributed by atoms with Crippen LogP contribution in [0.2, 0.25) is 0 Å². The number of hydrogen-bond acceptors (Lipinski definition) is 4. The summed E-state index contributed by atoms with van der Waals surface area (Å²) in [6.45, 7) is 0.325. The second-order valence-electron chi connectivity index (χ2n) is 4.08. The first-order valence-corrected chi connectivity index (χ1v) is 5.74. The van der Waals surface area contributed by atoms with Gasteiger partial charge in [-0.1, -0.05) is 6.07 Å². The molecule has 0 atom stereocenters. The Hall–Kier alpha value is -2.83. The molecule has 0 aliphatic heterocycles. The number of fused-ring (bicyclic) bond motifs is 1. The van der Waals surface area contributed by atoms with Crippen molar-refractivity contribution in [3.63, 3.8) is 0 Å². The van der Waals surface area contributed by atoms with Crippen molar-refractivity contribution in [3.8, 4) is 0 Å². The number of rotatable bonds is 3. The van der Waals surface area contributed by atoms with Crippen LogP contribution in [0.15, 0.2) is 36.8 Å². The second kappa shape index (κ2) is 4.45. The molecule has 3 rings (SSSR count). The number of nitrogens with zero attached hydrogens (tertiary/aromatic N) is 3. The fourth-order valence-corrected chi connectivity index (χ4v) is 1.84. The average Bonchev–Trinajstić information content (AvgIpc) is 3.02. The van der Waals surface area contributed by atoms with Crippen LogP contribution in [0.1, 0.15) is 15.9 Å². The minimum absolute atomic E-state index is 0.193. The molecule has 3 aromatic rings. The Bertz CT molecular complexity index is 728. The summed E-state index contributed by atoms with van der Waals surface area (Å²) in [6, 6.07) is 5.56. The summed E-state index contributed by atoms with van der Waals surface area (Å²) in [4.78, 5) is 12.1. The number of anilines is 1. The zero-order valence-corrected chi connectivity index (χ0v) is 10.00. The number of aromatic nitrogens is 4. The Morgan fingerprint density at radius 2 is 2.32 bits per heavy atom. The highest BCUT2D eigenvalue weighted by Gasteiger charge is 2.12. The quantitative estimate of drug-likeness (QED) is 0.637. The third-order valence-corrected chi connectivity index (χ3v) is 2.86. The van der Waals surface area contributed by atoms with Gasteiger partial charge in [-0.25, -0.2) is 4.52 Å². The Morgan fingerprint density at radius 3 is 3.11 bits per heavy atom. The number of pyridine rings is 1. The van der Waals surface area contributed by atoms with E-state index < -0.39 is 0 Å². The highest BCUT2D eigenvalue weighted by atomic mass is 16.1. The predicted molar refractivity (Wildman–Crippen MR) is 69.4 cm³/mol. The molecule has 19 heavy (non-hydrogen) atoms. The number of carbonyl (C=O) groups is 1. The summed E-state index contributed by atoms with van der Waals surface area (Å²) in [7, 11) is 0. The van der Waals surface area contributed by atoms with Gasteiger partial charge in [0.05, 0.1) is 23.5 Å². The van der Waals surface area contributed by atoms with Crippen molar-refractivity contribution in [1.29, 1.82) is 0 Å². The SMILES string of the molecule is Nc1[nH]ncc1CNC(=O)c1cnn2ccccc12. The predicted octanol–water partition coefficient (Wildman–Crippen LogP) is 0.570. The van der Waals surface area contributed by atoms with Gasteiger partial charge in [0.1, 0.15) is 5.82 Å². The smallest absolute Gasteiger partial charge is 0.255 e. The van der Waals surface area contributed by atoms with E-state index in [0.717, 1.165) is 11.1 Å². The first kappa shape index (κ1) is 11.3. The van der Waals surface area contributed by atoms with Crippen molar-refractivity contribution < 1.29 is 4.79 Å². The molecule has 96 valence electrons. The second-order valence-corrected chi connectivity index (χ2v) is 4.08. The van der Waals surface area contributed by atoms with E-state index in [9.17, 15) is 4.79 Å². The molecule has 0 saturated heterocycles. The van der Waals surface area contributed by atoms with E-state index in [2.05, 4.69) is 20.6 Å². The lowest BCUT2D eigenvalue weighted by molar-refractivity contribution is 0.0952. The molecule has 4 N–H and O–H groups in total. The molecular formula is C12H12N6O. The Balaban J connectivity index is 1.79. The molecule has 0 aliphatic carbocycles. The maximum absolute atomic E-state index is 12.1. The van der Waals surface area contributed by atoms with Crippen LogP contribution in [-0.4, -0.2) is 25.7 Å². The number of nitrogens with two attached hydrogens (primary N) is 1. The third-order valence-electron chi connectivity index (χ3n) is 2.86. The molecular weight excluding hydrogens is 244 g/mol. The lowest BCUT2D eigenvalue weighted by atomic mass is 10.2. The molecule has 0 aromatic carbocycles. The van der Waals surface area contributed by atoms with Gasteiger partial charge in [0.25, 0.3) is 5.91 Å². The molecule has 0 bridgehead atoms. The standard InChI is InChI=1S/C12H12N6O/c13-11-8(6-15-17-11)5-14-12(19)9-7-16-18-4-2-1-3-10(9)18/h1-4,6-7H,5H2,(H,14,19)(H3,13,15,17). The summed E-state index contributed by atoms with van der Waals surface area (Å²) in [5.74, 6) is 0.266. The Kier molecular flexibility index (Phi) is 2.64. The number of nitrogen functional groups attached to an aromatic ring is 1. The molecule has 7 nitrogen and oxygen atoms in total. The summed E-state index contributed by atoms with van der Waals surface area (Å²) in [6.07, 6.45) is 4.93. The minimum Gasteiger partial charge on any atom is -0.384 e. The Labute approximate surface area is 108 Å². The fourth-order valence-electron chi connectivity index (χ4n) is 1.84. The fraction of sp³-hybridized carbons (Fsp3) is 0.0833. The van der Waals surface area contributed by atoms with Gasteiger partial charge in [-0.2, -0.15) is 10.2 Å². The van der Waals surface area contributed by atoms with Crippen LogP contribution in [0.3, 0.4) is 0 Å². The largest absolute Gasteiger partial charge is 0.384 e. The molecule has 3 heterocycles. The number of aromatic amines is 1. The first-order chi connectivity index (χ1) is 9.25. The van der Waals surface area contributed by atoms with Crippen LogP contribution in [0, 0.1) is 0 Å². The molecule has 0 fully saturated rings. The van der Waals surface area contributed by atoms with Gasteiger partial charge in [0.15, 0.2) is 0 Å². The van der Waals surface area contributed by atoms with Crippen LogP contribution >= 0.6 is 0 Å². The number of carbonyl (C=O) groups excluding carboxylic acids is 1. The topological polar surface area (TPSA) is 101 Å². The van der Waals surface area contributed by atoms with Gasteiger partial charge in [0, 0.05) is 18.3 Å². The van der Waals surface area contributed by atoms with Crippen molar-refractivity contribution in [3.05, 3.63) is 47.9 Å². The maximum Gasteiger partial charge on any atom is 0.255 e. The van der Waals surface area contributed by atoms with Crippen LogP contribution in [0.4, 0.5) is 5.82 Å². The highest BCUT2D eigenvalue weighted by molar-refractivity contribution is 6.00. The minimum atomic E-state index is -0.193. The lowest BCUT2D eigenvalue weighted by Gasteiger charge is -2.03.